The van der Waals surface area contributed by atoms with Crippen LogP contribution < -0.4 is 5.32 Å². The van der Waals surface area contributed by atoms with Crippen LogP contribution in [0.15, 0.2) is 30.3 Å². The number of esters is 1. The second kappa shape index (κ2) is 6.55. The Morgan fingerprint density at radius 3 is 2.39 bits per heavy atom. The molecule has 0 radical (unpaired) electrons. The van der Waals surface area contributed by atoms with Gasteiger partial charge in [-0.3, -0.25) is 4.79 Å². The summed E-state index contributed by atoms with van der Waals surface area (Å²) in [5, 5.41) is 3.48. The number of benzene rings is 1. The predicted molar refractivity (Wildman–Crippen MR) is 73.3 cm³/mol. The van der Waals surface area contributed by atoms with Gasteiger partial charge in [0.2, 0.25) is 0 Å². The summed E-state index contributed by atoms with van der Waals surface area (Å²) in [6.45, 7) is 7.11. The van der Waals surface area contributed by atoms with E-state index in [-0.39, 0.29) is 11.5 Å². The fraction of sp³-hybridized carbons (Fsp3) is 0.533. The third kappa shape index (κ3) is 3.10. The highest BCUT2D eigenvalue weighted by atomic mass is 16.5. The van der Waals surface area contributed by atoms with E-state index in [0.717, 1.165) is 12.1 Å². The largest absolute Gasteiger partial charge is 0.469 e. The molecule has 0 aliphatic rings. The van der Waals surface area contributed by atoms with E-state index in [2.05, 4.69) is 38.2 Å². The molecule has 1 unspecified atom stereocenters. The molecule has 18 heavy (non-hydrogen) atoms. The van der Waals surface area contributed by atoms with E-state index in [9.17, 15) is 4.79 Å². The zero-order valence-corrected chi connectivity index (χ0v) is 11.7. The van der Waals surface area contributed by atoms with Crippen molar-refractivity contribution in [2.45, 2.75) is 32.7 Å². The molecule has 1 aromatic rings. The minimum atomic E-state index is -0.358. The van der Waals surface area contributed by atoms with Crippen LogP contribution in [-0.4, -0.2) is 19.6 Å². The average Bonchev–Trinajstić information content (AvgIpc) is 2.38. The van der Waals surface area contributed by atoms with Gasteiger partial charge in [0.1, 0.15) is 0 Å². The van der Waals surface area contributed by atoms with E-state index in [1.54, 1.807) is 0 Å². The molecule has 3 nitrogen and oxygen atoms in total. The Bertz CT molecular complexity index is 375. The molecule has 0 aliphatic carbocycles. The quantitative estimate of drug-likeness (QED) is 0.788. The van der Waals surface area contributed by atoms with Gasteiger partial charge in [-0.2, -0.15) is 0 Å². The summed E-state index contributed by atoms with van der Waals surface area (Å²) < 4.78 is 4.84. The molecule has 0 heterocycles. The van der Waals surface area contributed by atoms with Crippen LogP contribution in [0.4, 0.5) is 0 Å². The van der Waals surface area contributed by atoms with Gasteiger partial charge < -0.3 is 10.1 Å². The summed E-state index contributed by atoms with van der Waals surface area (Å²) in [6.07, 6.45) is 0.346. The molecule has 0 fully saturated rings. The van der Waals surface area contributed by atoms with Crippen LogP contribution in [0.2, 0.25) is 0 Å². The molecule has 1 N–H and O–H groups in total. The molecule has 1 aromatic carbocycles. The predicted octanol–water partition coefficient (Wildman–Crippen LogP) is 2.71. The molecule has 0 aromatic heterocycles. The summed E-state index contributed by atoms with van der Waals surface area (Å²) in [7, 11) is 1.43. The van der Waals surface area contributed by atoms with Crippen molar-refractivity contribution in [3.05, 3.63) is 35.9 Å². The average molecular weight is 249 g/mol. The van der Waals surface area contributed by atoms with Gasteiger partial charge in [-0.15, -0.1) is 0 Å². The first kappa shape index (κ1) is 14.7. The fourth-order valence-electron chi connectivity index (χ4n) is 2.36. The van der Waals surface area contributed by atoms with Crippen LogP contribution in [0.3, 0.4) is 0 Å². The molecule has 0 saturated carbocycles. The van der Waals surface area contributed by atoms with Crippen LogP contribution in [0.5, 0.6) is 0 Å². The van der Waals surface area contributed by atoms with Gasteiger partial charge >= 0.3 is 5.97 Å². The van der Waals surface area contributed by atoms with Gasteiger partial charge in [0.25, 0.3) is 0 Å². The smallest absolute Gasteiger partial charge is 0.307 e. The van der Waals surface area contributed by atoms with Gasteiger partial charge in [-0.25, -0.2) is 0 Å². The van der Waals surface area contributed by atoms with Crippen LogP contribution in [0.25, 0.3) is 0 Å². The molecule has 0 spiro atoms. The van der Waals surface area contributed by atoms with Crippen LogP contribution in [-0.2, 0) is 15.1 Å². The van der Waals surface area contributed by atoms with Crippen molar-refractivity contribution in [2.75, 3.05) is 13.7 Å². The molecular weight excluding hydrogens is 226 g/mol. The molecule has 0 amide bonds. The van der Waals surface area contributed by atoms with Crippen LogP contribution in [0, 0.1) is 5.92 Å². The molecule has 1 atom stereocenters. The van der Waals surface area contributed by atoms with Gasteiger partial charge in [0.05, 0.1) is 19.1 Å². The van der Waals surface area contributed by atoms with Crippen LogP contribution >= 0.6 is 0 Å². The minimum absolute atomic E-state index is 0.187. The second-order valence-corrected chi connectivity index (χ2v) is 4.78. The summed E-state index contributed by atoms with van der Waals surface area (Å²) in [5.74, 6) is 0.104. The van der Waals surface area contributed by atoms with E-state index >= 15 is 0 Å². The summed E-state index contributed by atoms with van der Waals surface area (Å²) in [6, 6.07) is 10.1. The number of nitrogens with one attached hydrogen (secondary N) is 1. The zero-order valence-electron chi connectivity index (χ0n) is 11.7. The molecule has 0 saturated heterocycles. The Labute approximate surface area is 110 Å². The maximum Gasteiger partial charge on any atom is 0.307 e. The SMILES string of the molecule is CCNC(CC(=O)OC)(c1ccccc1)C(C)C. The second-order valence-electron chi connectivity index (χ2n) is 4.78. The van der Waals surface area contributed by atoms with Crippen molar-refractivity contribution in [1.82, 2.24) is 5.32 Å². The van der Waals surface area contributed by atoms with E-state index in [4.69, 9.17) is 4.74 Å². The van der Waals surface area contributed by atoms with Gasteiger partial charge in [-0.05, 0) is 18.0 Å². The van der Waals surface area contributed by atoms with Gasteiger partial charge in [0.15, 0.2) is 0 Å². The first-order valence-electron chi connectivity index (χ1n) is 6.44. The van der Waals surface area contributed by atoms with Gasteiger partial charge in [-0.1, -0.05) is 51.1 Å². The number of carbonyl (C=O) groups excluding carboxylic acids is 1. The molecule has 3 heteroatoms. The first-order valence-corrected chi connectivity index (χ1v) is 6.44. The highest BCUT2D eigenvalue weighted by Gasteiger charge is 2.37. The number of methoxy groups -OCH3 is 1. The lowest BCUT2D eigenvalue weighted by Crippen LogP contribution is -2.48. The van der Waals surface area contributed by atoms with E-state index in [1.165, 1.54) is 7.11 Å². The van der Waals surface area contributed by atoms with Crippen molar-refractivity contribution >= 4 is 5.97 Å². The maximum atomic E-state index is 11.7. The monoisotopic (exact) mass is 249 g/mol. The fourth-order valence-corrected chi connectivity index (χ4v) is 2.36. The van der Waals surface area contributed by atoms with E-state index < -0.39 is 0 Å². The zero-order chi connectivity index (χ0) is 13.6. The molecule has 100 valence electrons. The third-order valence-corrected chi connectivity index (χ3v) is 3.42. The lowest BCUT2D eigenvalue weighted by atomic mass is 9.77. The Morgan fingerprint density at radius 2 is 1.94 bits per heavy atom. The highest BCUT2D eigenvalue weighted by molar-refractivity contribution is 5.71. The lowest BCUT2D eigenvalue weighted by molar-refractivity contribution is -0.143. The number of hydrogen-bond acceptors (Lipinski definition) is 3. The Morgan fingerprint density at radius 1 is 1.33 bits per heavy atom. The Kier molecular flexibility index (Phi) is 5.35. The standard InChI is InChI=1S/C15H23NO2/c1-5-16-15(12(2)3,11-14(17)18-4)13-9-7-6-8-10-13/h6-10,12,16H,5,11H2,1-4H3. The molecule has 0 aliphatic heterocycles. The molecule has 1 rings (SSSR count). The summed E-state index contributed by atoms with van der Waals surface area (Å²) >= 11 is 0. The van der Waals surface area contributed by atoms with Crippen molar-refractivity contribution in [3.63, 3.8) is 0 Å². The number of carbonyl (C=O) groups is 1. The molecular formula is C15H23NO2. The highest BCUT2D eigenvalue weighted by Crippen LogP contribution is 2.33. The van der Waals surface area contributed by atoms with Crippen LogP contribution in [0.1, 0.15) is 32.8 Å². The lowest BCUT2D eigenvalue weighted by Gasteiger charge is -2.38. The number of ether oxygens (including phenoxy) is 1. The number of rotatable bonds is 6. The van der Waals surface area contributed by atoms with Crippen molar-refractivity contribution in [3.8, 4) is 0 Å². The Hall–Kier alpha value is -1.35. The van der Waals surface area contributed by atoms with Crippen molar-refractivity contribution < 1.29 is 9.53 Å². The first-order chi connectivity index (χ1) is 8.56. The summed E-state index contributed by atoms with van der Waals surface area (Å²) in [5.41, 5.74) is 0.774. The van der Waals surface area contributed by atoms with E-state index in [0.29, 0.717) is 12.3 Å². The topological polar surface area (TPSA) is 38.3 Å². The molecule has 0 bridgehead atoms. The van der Waals surface area contributed by atoms with E-state index in [1.807, 2.05) is 18.2 Å². The third-order valence-electron chi connectivity index (χ3n) is 3.42. The number of hydrogen-bond donors (Lipinski definition) is 1. The maximum absolute atomic E-state index is 11.7. The van der Waals surface area contributed by atoms with Crippen molar-refractivity contribution in [1.29, 1.82) is 0 Å². The Balaban J connectivity index is 3.17. The van der Waals surface area contributed by atoms with Crippen molar-refractivity contribution in [2.24, 2.45) is 5.92 Å². The normalized spacial score (nSPS) is 14.3. The van der Waals surface area contributed by atoms with Gasteiger partial charge in [0, 0.05) is 0 Å². The minimum Gasteiger partial charge on any atom is -0.469 e. The summed E-state index contributed by atoms with van der Waals surface area (Å²) in [4.78, 5) is 11.7.